The first-order valence-electron chi connectivity index (χ1n) is 6.44. The lowest BCUT2D eigenvalue weighted by atomic mass is 9.69. The number of hydrogen-bond acceptors (Lipinski definition) is 2. The Balaban J connectivity index is 2.00. The Morgan fingerprint density at radius 3 is 2.73 bits per heavy atom. The van der Waals surface area contributed by atoms with Crippen molar-refractivity contribution >= 4 is 0 Å². The molecule has 1 heterocycles. The van der Waals surface area contributed by atoms with Gasteiger partial charge in [-0.2, -0.15) is 0 Å². The highest BCUT2D eigenvalue weighted by Gasteiger charge is 2.41. The summed E-state index contributed by atoms with van der Waals surface area (Å²) < 4.78 is 5.53. The van der Waals surface area contributed by atoms with Gasteiger partial charge in [0.05, 0.1) is 11.7 Å². The van der Waals surface area contributed by atoms with Gasteiger partial charge in [0.25, 0.3) is 0 Å². The second-order valence-electron chi connectivity index (χ2n) is 5.71. The first kappa shape index (κ1) is 11.4. The average Bonchev–Trinajstić information content (AvgIpc) is 2.17. The average molecular weight is 212 g/mol. The van der Waals surface area contributed by atoms with Crippen LogP contribution in [0.25, 0.3) is 0 Å². The summed E-state index contributed by atoms with van der Waals surface area (Å²) >= 11 is 0. The van der Waals surface area contributed by atoms with Crippen molar-refractivity contribution in [3.05, 3.63) is 0 Å². The fraction of sp³-hybridized carbons (Fsp3) is 1.00. The van der Waals surface area contributed by atoms with Crippen LogP contribution in [-0.4, -0.2) is 23.4 Å². The molecule has 0 bridgehead atoms. The zero-order chi connectivity index (χ0) is 10.9. The van der Waals surface area contributed by atoms with Gasteiger partial charge in [-0.1, -0.05) is 19.8 Å². The van der Waals surface area contributed by atoms with E-state index in [0.717, 1.165) is 25.4 Å². The molecule has 15 heavy (non-hydrogen) atoms. The first-order chi connectivity index (χ1) is 7.10. The molecule has 4 atom stereocenters. The maximum Gasteiger partial charge on any atom is 0.0722 e. The van der Waals surface area contributed by atoms with Gasteiger partial charge >= 0.3 is 0 Å². The minimum Gasteiger partial charge on any atom is -0.389 e. The van der Waals surface area contributed by atoms with Gasteiger partial charge < -0.3 is 9.84 Å². The Bertz CT molecular complexity index is 217. The summed E-state index contributed by atoms with van der Waals surface area (Å²) in [7, 11) is 0. The Kier molecular flexibility index (Phi) is 3.36. The van der Waals surface area contributed by atoms with E-state index >= 15 is 0 Å². The van der Waals surface area contributed by atoms with Crippen molar-refractivity contribution in [1.29, 1.82) is 0 Å². The van der Waals surface area contributed by atoms with Crippen molar-refractivity contribution in [2.75, 3.05) is 6.61 Å². The fourth-order valence-electron chi connectivity index (χ4n) is 3.39. The third-order valence-electron chi connectivity index (χ3n) is 4.27. The van der Waals surface area contributed by atoms with Gasteiger partial charge in [-0.05, 0) is 38.0 Å². The van der Waals surface area contributed by atoms with E-state index in [0.29, 0.717) is 5.92 Å². The Hall–Kier alpha value is -0.0800. The van der Waals surface area contributed by atoms with Crippen molar-refractivity contribution in [1.82, 2.24) is 0 Å². The van der Waals surface area contributed by atoms with Crippen molar-refractivity contribution in [3.63, 3.8) is 0 Å². The first-order valence-corrected chi connectivity index (χ1v) is 6.44. The van der Waals surface area contributed by atoms with Crippen LogP contribution >= 0.6 is 0 Å². The topological polar surface area (TPSA) is 29.5 Å². The molecule has 0 radical (unpaired) electrons. The second-order valence-corrected chi connectivity index (χ2v) is 5.71. The lowest BCUT2D eigenvalue weighted by molar-refractivity contribution is -0.135. The minimum absolute atomic E-state index is 0.237. The van der Waals surface area contributed by atoms with E-state index in [4.69, 9.17) is 4.74 Å². The quantitative estimate of drug-likeness (QED) is 0.724. The van der Waals surface area contributed by atoms with E-state index in [2.05, 4.69) is 13.8 Å². The van der Waals surface area contributed by atoms with Gasteiger partial charge in [0.1, 0.15) is 0 Å². The van der Waals surface area contributed by atoms with Crippen LogP contribution in [0.2, 0.25) is 0 Å². The molecule has 4 unspecified atom stereocenters. The van der Waals surface area contributed by atoms with E-state index in [9.17, 15) is 5.11 Å². The summed E-state index contributed by atoms with van der Waals surface area (Å²) in [5.41, 5.74) is -0.424. The molecule has 0 aromatic heterocycles. The Morgan fingerprint density at radius 2 is 2.07 bits per heavy atom. The van der Waals surface area contributed by atoms with Crippen LogP contribution < -0.4 is 0 Å². The van der Waals surface area contributed by atoms with E-state index in [1.54, 1.807) is 0 Å². The highest BCUT2D eigenvalue weighted by atomic mass is 16.5. The van der Waals surface area contributed by atoms with Crippen LogP contribution in [0.5, 0.6) is 0 Å². The largest absolute Gasteiger partial charge is 0.389 e. The molecule has 88 valence electrons. The fourth-order valence-corrected chi connectivity index (χ4v) is 3.39. The van der Waals surface area contributed by atoms with Crippen LogP contribution in [0.15, 0.2) is 0 Å². The van der Waals surface area contributed by atoms with Crippen molar-refractivity contribution < 1.29 is 9.84 Å². The third-order valence-corrected chi connectivity index (χ3v) is 4.27. The second kappa shape index (κ2) is 4.42. The summed E-state index contributed by atoms with van der Waals surface area (Å²) in [5, 5.41) is 10.7. The SMILES string of the molecule is CC1CCCC(C2(O)CCOC(C)C2)C1. The van der Waals surface area contributed by atoms with Crippen LogP contribution in [0.4, 0.5) is 0 Å². The van der Waals surface area contributed by atoms with E-state index in [1.807, 2.05) is 0 Å². The van der Waals surface area contributed by atoms with Crippen LogP contribution in [-0.2, 0) is 4.74 Å². The molecule has 0 amide bonds. The zero-order valence-corrected chi connectivity index (χ0v) is 10.0. The normalized spacial score (nSPS) is 47.8. The molecule has 2 aliphatic rings. The number of hydrogen-bond donors (Lipinski definition) is 1. The number of aliphatic hydroxyl groups is 1. The monoisotopic (exact) mass is 212 g/mol. The molecule has 2 heteroatoms. The predicted octanol–water partition coefficient (Wildman–Crippen LogP) is 2.74. The molecular weight excluding hydrogens is 188 g/mol. The molecule has 2 rings (SSSR count). The predicted molar refractivity (Wildman–Crippen MR) is 60.7 cm³/mol. The van der Waals surface area contributed by atoms with Gasteiger partial charge in [0.2, 0.25) is 0 Å². The van der Waals surface area contributed by atoms with Gasteiger partial charge in [-0.3, -0.25) is 0 Å². The molecule has 2 nitrogen and oxygen atoms in total. The molecule has 1 aliphatic heterocycles. The highest BCUT2D eigenvalue weighted by Crippen LogP contribution is 2.41. The lowest BCUT2D eigenvalue weighted by Crippen LogP contribution is -2.47. The lowest BCUT2D eigenvalue weighted by Gasteiger charge is -2.44. The number of rotatable bonds is 1. The zero-order valence-electron chi connectivity index (χ0n) is 10.0. The van der Waals surface area contributed by atoms with Crippen LogP contribution in [0, 0.1) is 11.8 Å². The maximum absolute atomic E-state index is 10.7. The summed E-state index contributed by atoms with van der Waals surface area (Å²) in [6.07, 6.45) is 6.98. The third kappa shape index (κ3) is 2.54. The van der Waals surface area contributed by atoms with Gasteiger partial charge in [0.15, 0.2) is 0 Å². The molecule has 1 saturated heterocycles. The van der Waals surface area contributed by atoms with Crippen molar-refractivity contribution in [3.8, 4) is 0 Å². The molecule has 1 aliphatic carbocycles. The van der Waals surface area contributed by atoms with Crippen LogP contribution in [0.3, 0.4) is 0 Å². The summed E-state index contributed by atoms with van der Waals surface area (Å²) in [5.74, 6) is 1.32. The molecule has 1 saturated carbocycles. The summed E-state index contributed by atoms with van der Waals surface area (Å²) in [6.45, 7) is 5.14. The minimum atomic E-state index is -0.424. The molecular formula is C13H24O2. The van der Waals surface area contributed by atoms with Gasteiger partial charge in [-0.25, -0.2) is 0 Å². The molecule has 2 fully saturated rings. The maximum atomic E-state index is 10.7. The van der Waals surface area contributed by atoms with Gasteiger partial charge in [-0.15, -0.1) is 0 Å². The highest BCUT2D eigenvalue weighted by molar-refractivity contribution is 4.92. The molecule has 0 aromatic rings. The van der Waals surface area contributed by atoms with Crippen molar-refractivity contribution in [2.24, 2.45) is 11.8 Å². The van der Waals surface area contributed by atoms with E-state index < -0.39 is 5.60 Å². The smallest absolute Gasteiger partial charge is 0.0722 e. The van der Waals surface area contributed by atoms with E-state index in [1.165, 1.54) is 25.7 Å². The van der Waals surface area contributed by atoms with E-state index in [-0.39, 0.29) is 6.10 Å². The number of ether oxygens (including phenoxy) is 1. The molecule has 0 spiro atoms. The van der Waals surface area contributed by atoms with Crippen molar-refractivity contribution in [2.45, 2.75) is 64.1 Å². The van der Waals surface area contributed by atoms with Gasteiger partial charge in [0, 0.05) is 13.0 Å². The summed E-state index contributed by atoms with van der Waals surface area (Å²) in [4.78, 5) is 0. The Morgan fingerprint density at radius 1 is 1.27 bits per heavy atom. The standard InChI is InChI=1S/C13H24O2/c1-10-4-3-5-12(8-10)13(14)6-7-15-11(2)9-13/h10-12,14H,3-9H2,1-2H3. The van der Waals surface area contributed by atoms with Crippen LogP contribution in [0.1, 0.15) is 52.4 Å². The summed E-state index contributed by atoms with van der Waals surface area (Å²) in [6, 6.07) is 0. The Labute approximate surface area is 93.0 Å². The molecule has 0 aromatic carbocycles. The molecule has 1 N–H and O–H groups in total.